The Hall–Kier alpha value is -4.29. The van der Waals surface area contributed by atoms with Gasteiger partial charge >= 0.3 is 0 Å². The van der Waals surface area contributed by atoms with Crippen LogP contribution in [-0.4, -0.2) is 46.2 Å². The molecule has 0 bridgehead atoms. The summed E-state index contributed by atoms with van der Waals surface area (Å²) in [6, 6.07) is 25.7. The minimum Gasteiger partial charge on any atom is -0.393 e. The Morgan fingerprint density at radius 2 is 1.25 bits per heavy atom. The molecule has 0 atom stereocenters. The molecule has 1 aliphatic heterocycles. The SMILES string of the molecule is CCn1cccc1C(=O)Cc1ccc(C(=O)c2ccc(CC(=O)c3ccc(N4CCC(O)CC4)cc3)cc2)cc1. The second kappa shape index (κ2) is 12.3. The van der Waals surface area contributed by atoms with E-state index in [1.54, 1.807) is 24.3 Å². The van der Waals surface area contributed by atoms with E-state index < -0.39 is 0 Å². The number of rotatable bonds is 10. The highest BCUT2D eigenvalue weighted by Crippen LogP contribution is 2.22. The predicted molar refractivity (Wildman–Crippen MR) is 156 cm³/mol. The summed E-state index contributed by atoms with van der Waals surface area (Å²) in [7, 11) is 0. The molecule has 5 rings (SSSR count). The van der Waals surface area contributed by atoms with Crippen molar-refractivity contribution in [3.63, 3.8) is 0 Å². The molecule has 3 aromatic carbocycles. The molecule has 1 fully saturated rings. The summed E-state index contributed by atoms with van der Waals surface area (Å²) in [6.45, 7) is 4.38. The third-order valence-electron chi connectivity index (χ3n) is 7.64. The van der Waals surface area contributed by atoms with Crippen molar-refractivity contribution in [1.29, 1.82) is 0 Å². The molecular weight excluding hydrogens is 500 g/mol. The molecule has 1 saturated heterocycles. The van der Waals surface area contributed by atoms with Crippen molar-refractivity contribution in [2.75, 3.05) is 18.0 Å². The van der Waals surface area contributed by atoms with Crippen molar-refractivity contribution in [2.45, 2.75) is 45.3 Å². The number of aromatic nitrogens is 1. The van der Waals surface area contributed by atoms with Crippen LogP contribution in [0, 0.1) is 0 Å². The Kier molecular flexibility index (Phi) is 8.37. The molecular formula is C34H34N2O4. The number of hydrogen-bond acceptors (Lipinski definition) is 5. The number of piperidine rings is 1. The number of aliphatic hydroxyl groups is 1. The molecule has 0 amide bonds. The summed E-state index contributed by atoms with van der Waals surface area (Å²) in [6.07, 6.45) is 3.75. The molecule has 6 heteroatoms. The fourth-order valence-corrected chi connectivity index (χ4v) is 5.20. The monoisotopic (exact) mass is 534 g/mol. The van der Waals surface area contributed by atoms with Crippen LogP contribution in [-0.2, 0) is 19.4 Å². The zero-order chi connectivity index (χ0) is 28.1. The molecule has 1 aliphatic rings. The zero-order valence-corrected chi connectivity index (χ0v) is 22.8. The number of benzene rings is 3. The first-order valence-electron chi connectivity index (χ1n) is 13.9. The fourth-order valence-electron chi connectivity index (χ4n) is 5.20. The lowest BCUT2D eigenvalue weighted by Gasteiger charge is -2.31. The first-order chi connectivity index (χ1) is 19.4. The lowest BCUT2D eigenvalue weighted by molar-refractivity contribution is 0.0979. The minimum absolute atomic E-state index is 0.0241. The van der Waals surface area contributed by atoms with Crippen LogP contribution >= 0.6 is 0 Å². The van der Waals surface area contributed by atoms with Gasteiger partial charge in [0, 0.05) is 61.1 Å². The van der Waals surface area contributed by atoms with Gasteiger partial charge in [-0.2, -0.15) is 0 Å². The molecule has 0 saturated carbocycles. The van der Waals surface area contributed by atoms with Crippen LogP contribution < -0.4 is 4.90 Å². The van der Waals surface area contributed by atoms with Crippen LogP contribution in [0.5, 0.6) is 0 Å². The standard InChI is InChI=1S/C34H34N2O4/c1-2-35-19-3-4-31(35)33(39)23-25-7-11-28(12-8-25)34(40)27-9-5-24(6-10-27)22-32(38)26-13-15-29(16-14-26)36-20-17-30(37)18-21-36/h3-16,19,30,37H,2,17-18,20-23H2,1H3. The molecule has 40 heavy (non-hydrogen) atoms. The Morgan fingerprint density at radius 3 is 1.80 bits per heavy atom. The Balaban J connectivity index is 1.17. The number of ketones is 3. The summed E-state index contributed by atoms with van der Waals surface area (Å²) in [5.74, 6) is -0.0257. The van der Waals surface area contributed by atoms with Gasteiger partial charge in [-0.25, -0.2) is 0 Å². The van der Waals surface area contributed by atoms with E-state index in [4.69, 9.17) is 0 Å². The molecule has 1 aromatic heterocycles. The average molecular weight is 535 g/mol. The lowest BCUT2D eigenvalue weighted by atomic mass is 9.97. The number of carbonyl (C=O) groups excluding carboxylic acids is 3. The third-order valence-corrected chi connectivity index (χ3v) is 7.64. The van der Waals surface area contributed by atoms with Gasteiger partial charge in [0.1, 0.15) is 0 Å². The molecule has 204 valence electrons. The molecule has 6 nitrogen and oxygen atoms in total. The number of hydrogen-bond donors (Lipinski definition) is 1. The van der Waals surface area contributed by atoms with Gasteiger partial charge in [0.25, 0.3) is 0 Å². The second-order valence-electron chi connectivity index (χ2n) is 10.4. The summed E-state index contributed by atoms with van der Waals surface area (Å²) >= 11 is 0. The first kappa shape index (κ1) is 27.3. The Labute approximate surface area is 234 Å². The molecule has 0 spiro atoms. The topological polar surface area (TPSA) is 79.6 Å². The summed E-state index contributed by atoms with van der Waals surface area (Å²) in [5.41, 5.74) is 5.23. The maximum atomic E-state index is 13.0. The molecule has 4 aromatic rings. The van der Waals surface area contributed by atoms with Crippen molar-refractivity contribution in [2.24, 2.45) is 0 Å². The maximum absolute atomic E-state index is 13.0. The van der Waals surface area contributed by atoms with E-state index in [0.29, 0.717) is 22.4 Å². The van der Waals surface area contributed by atoms with Gasteiger partial charge in [0.05, 0.1) is 11.8 Å². The zero-order valence-electron chi connectivity index (χ0n) is 22.8. The van der Waals surface area contributed by atoms with E-state index in [9.17, 15) is 19.5 Å². The number of nitrogens with zero attached hydrogens (tertiary/aromatic N) is 2. The van der Waals surface area contributed by atoms with Crippen LogP contribution in [0.25, 0.3) is 0 Å². The van der Waals surface area contributed by atoms with Gasteiger partial charge in [-0.3, -0.25) is 14.4 Å². The number of carbonyl (C=O) groups is 3. The molecule has 0 unspecified atom stereocenters. The van der Waals surface area contributed by atoms with Crippen LogP contribution in [0.2, 0.25) is 0 Å². The van der Waals surface area contributed by atoms with Gasteiger partial charge in [0.15, 0.2) is 17.3 Å². The van der Waals surface area contributed by atoms with Crippen molar-refractivity contribution >= 4 is 23.0 Å². The second-order valence-corrected chi connectivity index (χ2v) is 10.4. The third kappa shape index (κ3) is 6.29. The van der Waals surface area contributed by atoms with Crippen molar-refractivity contribution < 1.29 is 19.5 Å². The number of aryl methyl sites for hydroxylation is 1. The Bertz CT molecular complexity index is 1480. The van der Waals surface area contributed by atoms with Crippen molar-refractivity contribution in [1.82, 2.24) is 4.57 Å². The largest absolute Gasteiger partial charge is 0.393 e. The van der Waals surface area contributed by atoms with Gasteiger partial charge in [-0.15, -0.1) is 0 Å². The average Bonchev–Trinajstić information content (AvgIpc) is 3.47. The number of anilines is 1. The summed E-state index contributed by atoms with van der Waals surface area (Å²) in [4.78, 5) is 40.8. The number of Topliss-reactive ketones (excluding diaryl/α,β-unsaturated/α-hetero) is 2. The summed E-state index contributed by atoms with van der Waals surface area (Å²) < 4.78 is 1.93. The highest BCUT2D eigenvalue weighted by molar-refractivity contribution is 6.09. The fraction of sp³-hybridized carbons (Fsp3) is 0.265. The highest BCUT2D eigenvalue weighted by atomic mass is 16.3. The van der Waals surface area contributed by atoms with E-state index in [0.717, 1.165) is 49.3 Å². The van der Waals surface area contributed by atoms with E-state index in [2.05, 4.69) is 4.90 Å². The van der Waals surface area contributed by atoms with Crippen molar-refractivity contribution in [3.05, 3.63) is 125 Å². The van der Waals surface area contributed by atoms with Gasteiger partial charge in [0.2, 0.25) is 0 Å². The van der Waals surface area contributed by atoms with E-state index >= 15 is 0 Å². The van der Waals surface area contributed by atoms with E-state index in [1.165, 1.54) is 0 Å². The molecule has 2 heterocycles. The normalized spacial score (nSPS) is 13.8. The van der Waals surface area contributed by atoms with Gasteiger partial charge in [-0.05, 0) is 67.3 Å². The predicted octanol–water partition coefficient (Wildman–Crippen LogP) is 5.55. The van der Waals surface area contributed by atoms with Crippen LogP contribution in [0.15, 0.2) is 91.1 Å². The smallest absolute Gasteiger partial charge is 0.193 e. The number of aliphatic hydroxyl groups excluding tert-OH is 1. The molecule has 1 N–H and O–H groups in total. The molecule has 0 aliphatic carbocycles. The van der Waals surface area contributed by atoms with E-state index in [-0.39, 0.29) is 36.3 Å². The lowest BCUT2D eigenvalue weighted by Crippen LogP contribution is -2.35. The van der Waals surface area contributed by atoms with E-state index in [1.807, 2.05) is 78.4 Å². The van der Waals surface area contributed by atoms with Gasteiger partial charge < -0.3 is 14.6 Å². The quantitative estimate of drug-likeness (QED) is 0.270. The Morgan fingerprint density at radius 1 is 0.725 bits per heavy atom. The summed E-state index contributed by atoms with van der Waals surface area (Å²) in [5, 5.41) is 9.71. The van der Waals surface area contributed by atoms with Crippen LogP contribution in [0.3, 0.4) is 0 Å². The highest BCUT2D eigenvalue weighted by Gasteiger charge is 2.18. The minimum atomic E-state index is -0.217. The first-order valence-corrected chi connectivity index (χ1v) is 13.9. The van der Waals surface area contributed by atoms with Crippen LogP contribution in [0.1, 0.15) is 67.7 Å². The maximum Gasteiger partial charge on any atom is 0.193 e. The van der Waals surface area contributed by atoms with Crippen molar-refractivity contribution in [3.8, 4) is 0 Å². The molecule has 0 radical (unpaired) electrons. The van der Waals surface area contributed by atoms with Gasteiger partial charge in [-0.1, -0.05) is 48.5 Å². The van der Waals surface area contributed by atoms with Crippen LogP contribution in [0.4, 0.5) is 5.69 Å².